The van der Waals surface area contributed by atoms with Gasteiger partial charge in [0.2, 0.25) is 11.8 Å². The summed E-state index contributed by atoms with van der Waals surface area (Å²) in [6.45, 7) is 2.00. The van der Waals surface area contributed by atoms with Crippen LogP contribution in [0.2, 0.25) is 0 Å². The number of carbonyl (C=O) groups excluding carboxylic acids is 1. The van der Waals surface area contributed by atoms with Crippen LogP contribution < -0.4 is 20.1 Å². The van der Waals surface area contributed by atoms with Gasteiger partial charge in [-0.25, -0.2) is 4.79 Å². The van der Waals surface area contributed by atoms with Crippen LogP contribution in [0, 0.1) is 6.92 Å². The van der Waals surface area contributed by atoms with Crippen molar-refractivity contribution in [3.63, 3.8) is 0 Å². The van der Waals surface area contributed by atoms with Crippen molar-refractivity contribution in [2.45, 2.75) is 44.8 Å². The Hall–Kier alpha value is -2.83. The van der Waals surface area contributed by atoms with Gasteiger partial charge < -0.3 is 20.1 Å². The van der Waals surface area contributed by atoms with Gasteiger partial charge in [-0.3, -0.25) is 4.98 Å². The molecule has 0 atom stereocenters. The third kappa shape index (κ3) is 5.08. The summed E-state index contributed by atoms with van der Waals surface area (Å²) in [6.07, 6.45) is 6.65. The maximum atomic E-state index is 12.1. The summed E-state index contributed by atoms with van der Waals surface area (Å²) in [5.74, 6) is 0.906. The zero-order valence-electron chi connectivity index (χ0n) is 15.1. The van der Waals surface area contributed by atoms with Gasteiger partial charge in [0.1, 0.15) is 6.10 Å². The average molecular weight is 356 g/mol. The summed E-state index contributed by atoms with van der Waals surface area (Å²) in [6, 6.07) is 7.73. The molecule has 1 fully saturated rings. The molecule has 138 valence electrons. The molecular formula is C19H24N4O3. The Labute approximate surface area is 153 Å². The summed E-state index contributed by atoms with van der Waals surface area (Å²) in [5, 5.41) is 5.92. The van der Waals surface area contributed by atoms with E-state index in [1.54, 1.807) is 19.5 Å². The van der Waals surface area contributed by atoms with Crippen LogP contribution in [0.25, 0.3) is 0 Å². The summed E-state index contributed by atoms with van der Waals surface area (Å²) >= 11 is 0. The lowest BCUT2D eigenvalue weighted by Crippen LogP contribution is -2.41. The van der Waals surface area contributed by atoms with Crippen molar-refractivity contribution in [2.75, 3.05) is 12.4 Å². The minimum atomic E-state index is -0.168. The molecule has 0 unspecified atom stereocenters. The Kier molecular flexibility index (Phi) is 5.88. The number of carbonyl (C=O) groups is 1. The zero-order valence-corrected chi connectivity index (χ0v) is 15.1. The monoisotopic (exact) mass is 356 g/mol. The van der Waals surface area contributed by atoms with Crippen molar-refractivity contribution in [3.05, 3.63) is 42.2 Å². The van der Waals surface area contributed by atoms with Crippen molar-refractivity contribution in [2.24, 2.45) is 0 Å². The maximum Gasteiger partial charge on any atom is 0.319 e. The standard InChI is InChI=1S/C19H24N4O3/c1-13-4-3-5-15(10-13)22-19(24)21-14-6-8-16(9-7-14)26-18-12-20-11-17(23-18)25-2/h3-5,10-12,14,16H,6-9H2,1-2H3,(H2,21,22,24). The van der Waals surface area contributed by atoms with E-state index in [9.17, 15) is 4.79 Å². The topological polar surface area (TPSA) is 85.4 Å². The molecule has 7 heteroatoms. The molecule has 0 saturated heterocycles. The molecule has 26 heavy (non-hydrogen) atoms. The largest absolute Gasteiger partial charge is 0.480 e. The number of aryl methyl sites for hydroxylation is 1. The highest BCUT2D eigenvalue weighted by molar-refractivity contribution is 5.89. The van der Waals surface area contributed by atoms with Gasteiger partial charge in [-0.05, 0) is 50.3 Å². The summed E-state index contributed by atoms with van der Waals surface area (Å²) < 4.78 is 10.9. The molecule has 0 bridgehead atoms. The van der Waals surface area contributed by atoms with Crippen LogP contribution in [-0.2, 0) is 0 Å². The van der Waals surface area contributed by atoms with Gasteiger partial charge in [0, 0.05) is 11.7 Å². The summed E-state index contributed by atoms with van der Waals surface area (Å²) in [5.41, 5.74) is 1.91. The highest BCUT2D eigenvalue weighted by Crippen LogP contribution is 2.23. The van der Waals surface area contributed by atoms with E-state index >= 15 is 0 Å². The number of hydrogen-bond donors (Lipinski definition) is 2. The number of methoxy groups -OCH3 is 1. The second kappa shape index (κ2) is 8.51. The number of urea groups is 1. The predicted octanol–water partition coefficient (Wildman–Crippen LogP) is 3.31. The van der Waals surface area contributed by atoms with Gasteiger partial charge in [-0.15, -0.1) is 0 Å². The Morgan fingerprint density at radius 3 is 2.65 bits per heavy atom. The third-order valence-electron chi connectivity index (χ3n) is 4.37. The van der Waals surface area contributed by atoms with Gasteiger partial charge in [-0.1, -0.05) is 12.1 Å². The molecule has 0 radical (unpaired) electrons. The molecule has 7 nitrogen and oxygen atoms in total. The van der Waals surface area contributed by atoms with E-state index in [1.165, 1.54) is 0 Å². The number of amides is 2. The molecule has 1 saturated carbocycles. The van der Waals surface area contributed by atoms with Gasteiger partial charge >= 0.3 is 6.03 Å². The van der Waals surface area contributed by atoms with Crippen LogP contribution in [0.15, 0.2) is 36.7 Å². The van der Waals surface area contributed by atoms with Crippen molar-refractivity contribution in [3.8, 4) is 11.8 Å². The number of benzene rings is 1. The van der Waals surface area contributed by atoms with Crippen LogP contribution in [-0.4, -0.2) is 35.3 Å². The lowest BCUT2D eigenvalue weighted by molar-refractivity contribution is 0.134. The molecular weight excluding hydrogens is 332 g/mol. The molecule has 1 heterocycles. The Morgan fingerprint density at radius 1 is 1.15 bits per heavy atom. The van der Waals surface area contributed by atoms with Crippen molar-refractivity contribution in [1.82, 2.24) is 15.3 Å². The van der Waals surface area contributed by atoms with E-state index in [0.29, 0.717) is 11.8 Å². The molecule has 0 spiro atoms. The first kappa shape index (κ1) is 18.0. The first-order valence-electron chi connectivity index (χ1n) is 8.79. The Balaban J connectivity index is 1.44. The molecule has 3 rings (SSSR count). The minimum absolute atomic E-state index is 0.0780. The van der Waals surface area contributed by atoms with Crippen LogP contribution in [0.1, 0.15) is 31.2 Å². The van der Waals surface area contributed by atoms with E-state index in [4.69, 9.17) is 9.47 Å². The molecule has 2 N–H and O–H groups in total. The minimum Gasteiger partial charge on any atom is -0.480 e. The highest BCUT2D eigenvalue weighted by atomic mass is 16.5. The average Bonchev–Trinajstić information content (AvgIpc) is 2.63. The fraction of sp³-hybridized carbons (Fsp3) is 0.421. The van der Waals surface area contributed by atoms with Gasteiger partial charge in [-0.2, -0.15) is 4.98 Å². The number of ether oxygens (including phenoxy) is 2. The number of nitrogens with zero attached hydrogens (tertiary/aromatic N) is 2. The summed E-state index contributed by atoms with van der Waals surface area (Å²) in [7, 11) is 1.55. The normalized spacial score (nSPS) is 19.5. The molecule has 2 aromatic rings. The fourth-order valence-electron chi connectivity index (χ4n) is 3.06. The molecule has 1 aliphatic rings. The van der Waals surface area contributed by atoms with Crippen molar-refractivity contribution >= 4 is 11.7 Å². The quantitative estimate of drug-likeness (QED) is 0.858. The van der Waals surface area contributed by atoms with E-state index in [1.807, 2.05) is 31.2 Å². The van der Waals surface area contributed by atoms with E-state index in [0.717, 1.165) is 36.9 Å². The van der Waals surface area contributed by atoms with Crippen molar-refractivity contribution < 1.29 is 14.3 Å². The van der Waals surface area contributed by atoms with Crippen LogP contribution in [0.5, 0.6) is 11.8 Å². The first-order chi connectivity index (χ1) is 12.6. The molecule has 1 aromatic heterocycles. The van der Waals surface area contributed by atoms with Gasteiger partial charge in [0.25, 0.3) is 0 Å². The van der Waals surface area contributed by atoms with Gasteiger partial charge in [0.05, 0.1) is 19.5 Å². The molecule has 1 aliphatic carbocycles. The van der Waals surface area contributed by atoms with E-state index in [-0.39, 0.29) is 18.2 Å². The number of anilines is 1. The van der Waals surface area contributed by atoms with Crippen LogP contribution >= 0.6 is 0 Å². The number of hydrogen-bond acceptors (Lipinski definition) is 5. The van der Waals surface area contributed by atoms with E-state index < -0.39 is 0 Å². The first-order valence-corrected chi connectivity index (χ1v) is 8.79. The van der Waals surface area contributed by atoms with Crippen molar-refractivity contribution in [1.29, 1.82) is 0 Å². The van der Waals surface area contributed by atoms with Crippen LogP contribution in [0.4, 0.5) is 10.5 Å². The lowest BCUT2D eigenvalue weighted by Gasteiger charge is -2.29. The summed E-state index contributed by atoms with van der Waals surface area (Å²) in [4.78, 5) is 20.4. The second-order valence-corrected chi connectivity index (χ2v) is 6.46. The Morgan fingerprint density at radius 2 is 1.92 bits per heavy atom. The maximum absolute atomic E-state index is 12.1. The number of aromatic nitrogens is 2. The highest BCUT2D eigenvalue weighted by Gasteiger charge is 2.24. The van der Waals surface area contributed by atoms with Crippen LogP contribution in [0.3, 0.4) is 0 Å². The molecule has 0 aliphatic heterocycles. The molecule has 2 amide bonds. The predicted molar refractivity (Wildman–Crippen MR) is 98.6 cm³/mol. The third-order valence-corrected chi connectivity index (χ3v) is 4.37. The fourth-order valence-corrected chi connectivity index (χ4v) is 3.06. The SMILES string of the molecule is COc1cncc(OC2CCC(NC(=O)Nc3cccc(C)c3)CC2)n1. The second-order valence-electron chi connectivity index (χ2n) is 6.46. The van der Waals surface area contributed by atoms with Gasteiger partial charge in [0.15, 0.2) is 0 Å². The lowest BCUT2D eigenvalue weighted by atomic mass is 9.93. The Bertz CT molecular complexity index is 745. The van der Waals surface area contributed by atoms with E-state index in [2.05, 4.69) is 20.6 Å². The smallest absolute Gasteiger partial charge is 0.319 e. The number of rotatable bonds is 5. The zero-order chi connectivity index (χ0) is 18.4. The number of nitrogens with one attached hydrogen (secondary N) is 2. The molecule has 1 aromatic carbocycles.